The summed E-state index contributed by atoms with van der Waals surface area (Å²) in [5.74, 6) is 1.36. The molecule has 0 aliphatic carbocycles. The minimum Gasteiger partial charge on any atom is -0.461 e. The predicted molar refractivity (Wildman–Crippen MR) is 126 cm³/mol. The summed E-state index contributed by atoms with van der Waals surface area (Å²) in [4.78, 5) is 15.3. The first-order chi connectivity index (χ1) is 15.7. The zero-order chi connectivity index (χ0) is 22.3. The molecule has 32 heavy (non-hydrogen) atoms. The van der Waals surface area contributed by atoms with Gasteiger partial charge < -0.3 is 9.32 Å². The standard InChI is InChI=1S/C25H26N4O2S/c1-3-28(4-2)24(30)22(20-14-9-6-10-15-20)32-25-27-26-23(21-16-11-17-31-21)29(25)18-19-12-7-5-8-13-19/h5-17,22H,3-4,18H2,1-2H3. The predicted octanol–water partition coefficient (Wildman–Crippen LogP) is 5.29. The highest BCUT2D eigenvalue weighted by atomic mass is 32.2. The van der Waals surface area contributed by atoms with Crippen molar-refractivity contribution in [2.45, 2.75) is 30.8 Å². The molecule has 4 rings (SSSR count). The maximum atomic E-state index is 13.4. The van der Waals surface area contributed by atoms with Crippen LogP contribution in [0.3, 0.4) is 0 Å². The molecule has 0 bridgehead atoms. The summed E-state index contributed by atoms with van der Waals surface area (Å²) in [5.41, 5.74) is 2.07. The smallest absolute Gasteiger partial charge is 0.240 e. The lowest BCUT2D eigenvalue weighted by atomic mass is 10.1. The van der Waals surface area contributed by atoms with Gasteiger partial charge in [0.2, 0.25) is 11.7 Å². The van der Waals surface area contributed by atoms with Gasteiger partial charge in [0.05, 0.1) is 12.8 Å². The maximum Gasteiger partial charge on any atom is 0.240 e. The molecule has 0 radical (unpaired) electrons. The third-order valence-electron chi connectivity index (χ3n) is 5.27. The number of thioether (sulfide) groups is 1. The average Bonchev–Trinajstić information content (AvgIpc) is 3.50. The number of furan rings is 1. The van der Waals surface area contributed by atoms with Crippen LogP contribution in [0.4, 0.5) is 0 Å². The Morgan fingerprint density at radius 2 is 1.66 bits per heavy atom. The Morgan fingerprint density at radius 3 is 2.28 bits per heavy atom. The van der Waals surface area contributed by atoms with E-state index in [1.807, 2.05) is 84.0 Å². The lowest BCUT2D eigenvalue weighted by Gasteiger charge is -2.25. The summed E-state index contributed by atoms with van der Waals surface area (Å²) < 4.78 is 7.63. The molecule has 7 heteroatoms. The molecule has 0 saturated carbocycles. The van der Waals surface area contributed by atoms with Gasteiger partial charge in [-0.2, -0.15) is 0 Å². The monoisotopic (exact) mass is 446 g/mol. The molecule has 0 spiro atoms. The summed E-state index contributed by atoms with van der Waals surface area (Å²) in [5, 5.41) is 9.15. The second-order valence-corrected chi connectivity index (χ2v) is 8.35. The van der Waals surface area contributed by atoms with Gasteiger partial charge in [-0.1, -0.05) is 72.4 Å². The molecule has 2 heterocycles. The van der Waals surface area contributed by atoms with Crippen molar-refractivity contribution >= 4 is 17.7 Å². The van der Waals surface area contributed by atoms with Crippen molar-refractivity contribution in [3.05, 3.63) is 90.2 Å². The molecule has 1 amide bonds. The van der Waals surface area contributed by atoms with E-state index >= 15 is 0 Å². The van der Waals surface area contributed by atoms with Crippen LogP contribution in [0, 0.1) is 0 Å². The molecule has 0 N–H and O–H groups in total. The normalized spacial score (nSPS) is 11.9. The first-order valence-corrected chi connectivity index (χ1v) is 11.6. The second-order valence-electron chi connectivity index (χ2n) is 7.27. The van der Waals surface area contributed by atoms with Crippen LogP contribution in [0.15, 0.2) is 88.6 Å². The van der Waals surface area contributed by atoms with Gasteiger partial charge in [-0.3, -0.25) is 9.36 Å². The van der Waals surface area contributed by atoms with Crippen LogP contribution in [0.2, 0.25) is 0 Å². The van der Waals surface area contributed by atoms with Gasteiger partial charge in [-0.05, 0) is 37.1 Å². The molecule has 2 aromatic heterocycles. The van der Waals surface area contributed by atoms with E-state index in [4.69, 9.17) is 4.42 Å². The average molecular weight is 447 g/mol. The molecule has 0 aliphatic rings. The molecule has 164 valence electrons. The number of hydrogen-bond donors (Lipinski definition) is 0. The summed E-state index contributed by atoms with van der Waals surface area (Å²) in [7, 11) is 0. The minimum absolute atomic E-state index is 0.0695. The number of nitrogens with zero attached hydrogens (tertiary/aromatic N) is 4. The van der Waals surface area contributed by atoms with Crippen LogP contribution < -0.4 is 0 Å². The fraction of sp³-hybridized carbons (Fsp3) is 0.240. The zero-order valence-corrected chi connectivity index (χ0v) is 19.0. The molecule has 2 aromatic carbocycles. The number of likely N-dealkylation sites (N-methyl/N-ethyl adjacent to an activating group) is 1. The Hall–Kier alpha value is -3.32. The van der Waals surface area contributed by atoms with Crippen LogP contribution >= 0.6 is 11.8 Å². The van der Waals surface area contributed by atoms with E-state index in [1.165, 1.54) is 11.8 Å². The third kappa shape index (κ3) is 4.78. The lowest BCUT2D eigenvalue weighted by Crippen LogP contribution is -2.34. The van der Waals surface area contributed by atoms with Gasteiger partial charge in [0.1, 0.15) is 5.25 Å². The van der Waals surface area contributed by atoms with Crippen LogP contribution in [0.5, 0.6) is 0 Å². The van der Waals surface area contributed by atoms with Crippen LogP contribution in [0.25, 0.3) is 11.6 Å². The van der Waals surface area contributed by atoms with Crippen LogP contribution in [-0.2, 0) is 11.3 Å². The van der Waals surface area contributed by atoms with Gasteiger partial charge >= 0.3 is 0 Å². The summed E-state index contributed by atoms with van der Waals surface area (Å²) in [6, 6.07) is 23.7. The first kappa shape index (κ1) is 21.9. The van der Waals surface area contributed by atoms with Gasteiger partial charge in [0.15, 0.2) is 10.9 Å². The SMILES string of the molecule is CCN(CC)C(=O)C(Sc1nnc(-c2ccco2)n1Cc1ccccc1)c1ccccc1. The van der Waals surface area contributed by atoms with E-state index in [-0.39, 0.29) is 5.91 Å². The number of carbonyl (C=O) groups is 1. The number of benzene rings is 2. The number of hydrogen-bond acceptors (Lipinski definition) is 5. The Kier molecular flexibility index (Phi) is 7.07. The zero-order valence-electron chi connectivity index (χ0n) is 18.2. The molecule has 0 aliphatic heterocycles. The summed E-state index contributed by atoms with van der Waals surface area (Å²) in [6.07, 6.45) is 1.63. The summed E-state index contributed by atoms with van der Waals surface area (Å²) in [6.45, 7) is 5.90. The van der Waals surface area contributed by atoms with E-state index < -0.39 is 5.25 Å². The number of amides is 1. The summed E-state index contributed by atoms with van der Waals surface area (Å²) >= 11 is 1.43. The molecule has 1 atom stereocenters. The third-order valence-corrected chi connectivity index (χ3v) is 6.49. The molecule has 0 saturated heterocycles. The van der Waals surface area contributed by atoms with Crippen molar-refractivity contribution < 1.29 is 9.21 Å². The van der Waals surface area contributed by atoms with E-state index in [1.54, 1.807) is 6.26 Å². The highest BCUT2D eigenvalue weighted by Gasteiger charge is 2.29. The lowest BCUT2D eigenvalue weighted by molar-refractivity contribution is -0.130. The second kappa shape index (κ2) is 10.3. The van der Waals surface area contributed by atoms with Crippen molar-refractivity contribution in [3.8, 4) is 11.6 Å². The minimum atomic E-state index is -0.417. The van der Waals surface area contributed by atoms with Gasteiger partial charge in [-0.15, -0.1) is 10.2 Å². The first-order valence-electron chi connectivity index (χ1n) is 10.7. The molecule has 1 unspecified atom stereocenters. The maximum absolute atomic E-state index is 13.4. The van der Waals surface area contributed by atoms with E-state index in [0.29, 0.717) is 36.4 Å². The molecule has 0 fully saturated rings. The Labute approximate surface area is 192 Å². The molecule has 4 aromatic rings. The van der Waals surface area contributed by atoms with Crippen molar-refractivity contribution in [1.29, 1.82) is 0 Å². The Morgan fingerprint density at radius 1 is 0.969 bits per heavy atom. The van der Waals surface area contributed by atoms with Crippen molar-refractivity contribution in [3.63, 3.8) is 0 Å². The number of rotatable bonds is 9. The van der Waals surface area contributed by atoms with E-state index in [0.717, 1.165) is 11.1 Å². The van der Waals surface area contributed by atoms with E-state index in [2.05, 4.69) is 22.3 Å². The quantitative estimate of drug-likeness (QED) is 0.327. The fourth-order valence-corrected chi connectivity index (χ4v) is 4.69. The largest absolute Gasteiger partial charge is 0.461 e. The van der Waals surface area contributed by atoms with E-state index in [9.17, 15) is 4.79 Å². The fourth-order valence-electron chi connectivity index (χ4n) is 3.57. The highest BCUT2D eigenvalue weighted by molar-refractivity contribution is 8.00. The Bertz CT molecular complexity index is 1120. The van der Waals surface area contributed by atoms with Crippen LogP contribution in [0.1, 0.15) is 30.2 Å². The topological polar surface area (TPSA) is 64.2 Å². The molecular formula is C25H26N4O2S. The van der Waals surface area contributed by atoms with Crippen LogP contribution in [-0.4, -0.2) is 38.7 Å². The van der Waals surface area contributed by atoms with Crippen molar-refractivity contribution in [2.75, 3.05) is 13.1 Å². The number of aromatic nitrogens is 3. The van der Waals surface area contributed by atoms with Gasteiger partial charge in [0.25, 0.3) is 0 Å². The number of carbonyl (C=O) groups excluding carboxylic acids is 1. The van der Waals surface area contributed by atoms with Crippen molar-refractivity contribution in [2.24, 2.45) is 0 Å². The van der Waals surface area contributed by atoms with Crippen molar-refractivity contribution in [1.82, 2.24) is 19.7 Å². The molecular weight excluding hydrogens is 420 g/mol. The Balaban J connectivity index is 1.74. The van der Waals surface area contributed by atoms with Gasteiger partial charge in [-0.25, -0.2) is 0 Å². The highest BCUT2D eigenvalue weighted by Crippen LogP contribution is 2.37. The van der Waals surface area contributed by atoms with Gasteiger partial charge in [0, 0.05) is 13.1 Å². The molecule has 6 nitrogen and oxygen atoms in total.